The fourth-order valence-electron chi connectivity index (χ4n) is 10.0. The van der Waals surface area contributed by atoms with Crippen LogP contribution in [0.5, 0.6) is 0 Å². The van der Waals surface area contributed by atoms with Crippen LogP contribution >= 0.6 is 0 Å². The molecule has 2 saturated carbocycles. The number of hydrogen-bond donors (Lipinski definition) is 3. The van der Waals surface area contributed by atoms with Crippen molar-refractivity contribution in [1.29, 1.82) is 0 Å². The summed E-state index contributed by atoms with van der Waals surface area (Å²) >= 11 is 0. The monoisotopic (exact) mass is 544 g/mol. The van der Waals surface area contributed by atoms with Gasteiger partial charge in [0.15, 0.2) is 12.1 Å². The maximum absolute atomic E-state index is 13.0. The Bertz CT molecular complexity index is 1100. The molecule has 0 aromatic rings. The van der Waals surface area contributed by atoms with Gasteiger partial charge in [0.05, 0.1) is 11.7 Å². The molecule has 1 aliphatic heterocycles. The van der Waals surface area contributed by atoms with E-state index < -0.39 is 34.9 Å². The minimum absolute atomic E-state index is 0.0567. The van der Waals surface area contributed by atoms with Gasteiger partial charge in [0.25, 0.3) is 0 Å². The first-order valence-electron chi connectivity index (χ1n) is 14.7. The molecule has 0 unspecified atom stereocenters. The molecular formula is C32H48O7. The Morgan fingerprint density at radius 2 is 1.82 bits per heavy atom. The van der Waals surface area contributed by atoms with Crippen molar-refractivity contribution in [2.45, 2.75) is 118 Å². The summed E-state index contributed by atoms with van der Waals surface area (Å²) in [4.78, 5) is 25.4. The lowest BCUT2D eigenvalue weighted by Crippen LogP contribution is -2.64. The number of carbonyl (C=O) groups is 2. The lowest BCUT2D eigenvalue weighted by molar-refractivity contribution is -0.190. The first kappa shape index (κ1) is 29.0. The van der Waals surface area contributed by atoms with E-state index >= 15 is 0 Å². The molecule has 0 aromatic carbocycles. The quantitative estimate of drug-likeness (QED) is 0.357. The summed E-state index contributed by atoms with van der Waals surface area (Å²) in [6.07, 6.45) is 6.85. The van der Waals surface area contributed by atoms with Gasteiger partial charge in [-0.3, -0.25) is 9.59 Å². The SMILES string of the molecule is CC(=O)O[C@@H]1C[C@@H]2C(C)(C)C(=O)C=C[C@]2(C)[C@H]2CC[C@]3(C)C(=CC[C@H]3[C@@H]3C[C@H]([C@H](O)C(C)(C)O)O[C@@H]3O)[C@@]21C. The highest BCUT2D eigenvalue weighted by Gasteiger charge is 2.69. The topological polar surface area (TPSA) is 113 Å². The van der Waals surface area contributed by atoms with Crippen molar-refractivity contribution >= 4 is 11.8 Å². The molecule has 7 heteroatoms. The first-order valence-corrected chi connectivity index (χ1v) is 14.7. The normalized spacial score (nSPS) is 47.6. The van der Waals surface area contributed by atoms with Gasteiger partial charge in [-0.2, -0.15) is 0 Å². The Morgan fingerprint density at radius 3 is 2.44 bits per heavy atom. The minimum Gasteiger partial charge on any atom is -0.462 e. The molecule has 0 radical (unpaired) electrons. The molecule has 3 N–H and O–H groups in total. The van der Waals surface area contributed by atoms with Gasteiger partial charge in [-0.15, -0.1) is 0 Å². The number of aliphatic hydroxyl groups excluding tert-OH is 2. The number of aliphatic hydroxyl groups is 3. The third kappa shape index (κ3) is 4.04. The largest absolute Gasteiger partial charge is 0.462 e. The van der Waals surface area contributed by atoms with Crippen molar-refractivity contribution in [3.63, 3.8) is 0 Å². The van der Waals surface area contributed by atoms with Gasteiger partial charge in [-0.1, -0.05) is 52.3 Å². The Balaban J connectivity index is 1.52. The molecule has 5 rings (SSSR count). The van der Waals surface area contributed by atoms with E-state index in [-0.39, 0.29) is 52.4 Å². The third-order valence-corrected chi connectivity index (χ3v) is 12.1. The third-order valence-electron chi connectivity index (χ3n) is 12.1. The fraction of sp³-hybridized carbons (Fsp3) is 0.812. The average molecular weight is 545 g/mol. The Morgan fingerprint density at radius 1 is 1.15 bits per heavy atom. The van der Waals surface area contributed by atoms with Crippen molar-refractivity contribution in [2.24, 2.45) is 45.3 Å². The number of carbonyl (C=O) groups excluding carboxylic acids is 2. The van der Waals surface area contributed by atoms with Gasteiger partial charge >= 0.3 is 5.97 Å². The van der Waals surface area contributed by atoms with Crippen molar-refractivity contribution in [3.8, 4) is 0 Å². The first-order chi connectivity index (χ1) is 17.9. The molecule has 4 aliphatic carbocycles. The number of rotatable bonds is 4. The van der Waals surface area contributed by atoms with Crippen LogP contribution in [-0.4, -0.2) is 57.3 Å². The molecule has 5 aliphatic rings. The maximum Gasteiger partial charge on any atom is 0.302 e. The van der Waals surface area contributed by atoms with Crippen molar-refractivity contribution < 1.29 is 34.4 Å². The number of allylic oxidation sites excluding steroid dienone is 3. The lowest BCUT2D eigenvalue weighted by Gasteiger charge is -2.66. The highest BCUT2D eigenvalue weighted by molar-refractivity contribution is 5.95. The smallest absolute Gasteiger partial charge is 0.302 e. The van der Waals surface area contributed by atoms with Gasteiger partial charge in [-0.05, 0) is 80.6 Å². The number of ether oxygens (including phenoxy) is 2. The Labute approximate surface area is 233 Å². The zero-order valence-electron chi connectivity index (χ0n) is 24.9. The second-order valence-corrected chi connectivity index (χ2v) is 15.0. The van der Waals surface area contributed by atoms with Gasteiger partial charge in [0.1, 0.15) is 12.2 Å². The van der Waals surface area contributed by atoms with E-state index in [2.05, 4.69) is 32.9 Å². The summed E-state index contributed by atoms with van der Waals surface area (Å²) in [5, 5.41) is 32.1. The summed E-state index contributed by atoms with van der Waals surface area (Å²) < 4.78 is 12.0. The van der Waals surface area contributed by atoms with Crippen LogP contribution < -0.4 is 0 Å². The Kier molecular flexibility index (Phi) is 6.67. The molecule has 39 heavy (non-hydrogen) atoms. The number of hydrogen-bond acceptors (Lipinski definition) is 7. The van der Waals surface area contributed by atoms with Crippen LogP contribution in [0.2, 0.25) is 0 Å². The van der Waals surface area contributed by atoms with E-state index in [1.165, 1.54) is 12.5 Å². The molecule has 7 nitrogen and oxygen atoms in total. The van der Waals surface area contributed by atoms with Crippen molar-refractivity contribution in [2.75, 3.05) is 0 Å². The molecule has 1 heterocycles. The summed E-state index contributed by atoms with van der Waals surface area (Å²) in [7, 11) is 0. The highest BCUT2D eigenvalue weighted by Crippen LogP contribution is 2.72. The van der Waals surface area contributed by atoms with Crippen LogP contribution in [0.3, 0.4) is 0 Å². The summed E-state index contributed by atoms with van der Waals surface area (Å²) in [5.41, 5.74) is -1.46. The molecule has 0 amide bonds. The second kappa shape index (κ2) is 8.98. The van der Waals surface area contributed by atoms with E-state index in [0.717, 1.165) is 19.3 Å². The van der Waals surface area contributed by atoms with E-state index in [1.54, 1.807) is 19.9 Å². The molecular weight excluding hydrogens is 496 g/mol. The zero-order valence-corrected chi connectivity index (χ0v) is 24.9. The van der Waals surface area contributed by atoms with E-state index in [9.17, 15) is 24.9 Å². The van der Waals surface area contributed by atoms with E-state index in [4.69, 9.17) is 9.47 Å². The van der Waals surface area contributed by atoms with Crippen LogP contribution in [0.1, 0.15) is 87.5 Å². The molecule has 0 aromatic heterocycles. The zero-order chi connectivity index (χ0) is 28.9. The lowest BCUT2D eigenvalue weighted by atomic mass is 9.38. The minimum atomic E-state index is -1.33. The van der Waals surface area contributed by atoms with E-state index in [0.29, 0.717) is 12.8 Å². The van der Waals surface area contributed by atoms with Gasteiger partial charge in [0.2, 0.25) is 0 Å². The molecule has 3 fully saturated rings. The summed E-state index contributed by atoms with van der Waals surface area (Å²) in [6, 6.07) is 0. The van der Waals surface area contributed by atoms with Crippen LogP contribution in [0, 0.1) is 45.3 Å². The van der Waals surface area contributed by atoms with Crippen LogP contribution in [0.25, 0.3) is 0 Å². The fourth-order valence-corrected chi connectivity index (χ4v) is 10.0. The number of fused-ring (bicyclic) bond motifs is 5. The standard InChI is InChI=1S/C32H48O7/c1-17(33)38-25-16-23-28(2,3)24(34)12-14-31(23,7)22-11-13-30(6)19(9-10-21(30)32(22,25)8)18-15-20(39-27(18)36)26(35)29(4,5)37/h10,12,14,18-20,22-23,25-27,35-37H,9,11,13,15-16H2,1-8H3/t18-,19-,20+,22+,23+,25+,26-,27-,30-,31+,32-/m0/s1. The van der Waals surface area contributed by atoms with Crippen LogP contribution in [0.4, 0.5) is 0 Å². The highest BCUT2D eigenvalue weighted by atomic mass is 16.6. The van der Waals surface area contributed by atoms with Gasteiger partial charge < -0.3 is 24.8 Å². The molecule has 0 bridgehead atoms. The van der Waals surface area contributed by atoms with Crippen molar-refractivity contribution in [1.82, 2.24) is 0 Å². The predicted molar refractivity (Wildman–Crippen MR) is 146 cm³/mol. The maximum atomic E-state index is 13.0. The molecule has 1 saturated heterocycles. The number of esters is 1. The second-order valence-electron chi connectivity index (χ2n) is 15.0. The van der Waals surface area contributed by atoms with Gasteiger partial charge in [-0.25, -0.2) is 0 Å². The summed E-state index contributed by atoms with van der Waals surface area (Å²) in [6.45, 7) is 15.5. The molecule has 0 spiro atoms. The summed E-state index contributed by atoms with van der Waals surface area (Å²) in [5.74, 6) is -0.0112. The molecule has 11 atom stereocenters. The average Bonchev–Trinajstić information content (AvgIpc) is 3.36. The van der Waals surface area contributed by atoms with Crippen LogP contribution in [0.15, 0.2) is 23.8 Å². The predicted octanol–water partition coefficient (Wildman–Crippen LogP) is 4.33. The number of ketones is 1. The Hall–Kier alpha value is -1.54. The van der Waals surface area contributed by atoms with Gasteiger partial charge in [0, 0.05) is 23.7 Å². The van der Waals surface area contributed by atoms with Crippen LogP contribution in [-0.2, 0) is 19.1 Å². The molecule has 218 valence electrons. The van der Waals surface area contributed by atoms with Crippen molar-refractivity contribution in [3.05, 3.63) is 23.8 Å². The van der Waals surface area contributed by atoms with E-state index in [1.807, 2.05) is 13.8 Å².